The first kappa shape index (κ1) is 14.6. The summed E-state index contributed by atoms with van der Waals surface area (Å²) in [5, 5.41) is 4.71. The van der Waals surface area contributed by atoms with Crippen molar-refractivity contribution in [1.29, 1.82) is 0 Å². The van der Waals surface area contributed by atoms with Crippen molar-refractivity contribution >= 4 is 46.4 Å². The Bertz CT molecular complexity index is 649. The fraction of sp³-hybridized carbons (Fsp3) is 0.286. The summed E-state index contributed by atoms with van der Waals surface area (Å²) in [5.74, 6) is 1.43. The molecule has 1 N–H and O–H groups in total. The number of furan rings is 1. The molecule has 0 atom stereocenters. The molecule has 1 aliphatic rings. The Balaban J connectivity index is 1.90. The Hall–Kier alpha value is -0.380. The summed E-state index contributed by atoms with van der Waals surface area (Å²) in [6, 6.07) is 5.93. The van der Waals surface area contributed by atoms with Crippen LogP contribution in [0.4, 0.5) is 0 Å². The Morgan fingerprint density at radius 3 is 2.50 bits per heavy atom. The van der Waals surface area contributed by atoms with Crippen molar-refractivity contribution in [3.63, 3.8) is 0 Å². The van der Waals surface area contributed by atoms with Crippen LogP contribution in [0.5, 0.6) is 0 Å². The first-order chi connectivity index (χ1) is 9.56. The summed E-state index contributed by atoms with van der Waals surface area (Å²) < 4.78 is 5.77. The SMILES string of the molecule is Clc1cc(Cl)c(-c2ccc(CNC3CC3)o2)c(Cl)c1Cl. The molecule has 0 aliphatic heterocycles. The molecule has 1 fully saturated rings. The van der Waals surface area contributed by atoms with Crippen LogP contribution in [0.1, 0.15) is 18.6 Å². The Kier molecular flexibility index (Phi) is 4.21. The van der Waals surface area contributed by atoms with E-state index in [1.165, 1.54) is 12.8 Å². The summed E-state index contributed by atoms with van der Waals surface area (Å²) in [4.78, 5) is 0. The topological polar surface area (TPSA) is 25.2 Å². The van der Waals surface area contributed by atoms with Crippen molar-refractivity contribution < 1.29 is 4.42 Å². The van der Waals surface area contributed by atoms with E-state index in [0.29, 0.717) is 39.0 Å². The van der Waals surface area contributed by atoms with E-state index in [-0.39, 0.29) is 5.02 Å². The van der Waals surface area contributed by atoms with E-state index in [2.05, 4.69) is 5.32 Å². The molecule has 2 aromatic rings. The van der Waals surface area contributed by atoms with Gasteiger partial charge in [-0.15, -0.1) is 0 Å². The van der Waals surface area contributed by atoms with Crippen LogP contribution >= 0.6 is 46.4 Å². The highest BCUT2D eigenvalue weighted by Crippen LogP contribution is 2.43. The zero-order chi connectivity index (χ0) is 14.3. The highest BCUT2D eigenvalue weighted by atomic mass is 35.5. The van der Waals surface area contributed by atoms with Gasteiger partial charge in [-0.3, -0.25) is 0 Å². The van der Waals surface area contributed by atoms with Gasteiger partial charge in [0.15, 0.2) is 0 Å². The van der Waals surface area contributed by atoms with Crippen molar-refractivity contribution in [2.75, 3.05) is 0 Å². The third kappa shape index (κ3) is 2.95. The van der Waals surface area contributed by atoms with Gasteiger partial charge in [0.2, 0.25) is 0 Å². The Labute approximate surface area is 136 Å². The maximum atomic E-state index is 6.21. The summed E-state index contributed by atoms with van der Waals surface area (Å²) in [7, 11) is 0. The number of hydrogen-bond acceptors (Lipinski definition) is 2. The second-order valence-electron chi connectivity index (χ2n) is 4.76. The van der Waals surface area contributed by atoms with Gasteiger partial charge >= 0.3 is 0 Å². The van der Waals surface area contributed by atoms with E-state index < -0.39 is 0 Å². The molecule has 0 bridgehead atoms. The van der Waals surface area contributed by atoms with Crippen LogP contribution in [0.15, 0.2) is 22.6 Å². The highest BCUT2D eigenvalue weighted by molar-refractivity contribution is 6.51. The molecule has 2 nitrogen and oxygen atoms in total. The molecule has 0 saturated heterocycles. The molecule has 106 valence electrons. The average molecular weight is 351 g/mol. The summed E-state index contributed by atoms with van der Waals surface area (Å²) in [6.45, 7) is 0.696. The van der Waals surface area contributed by atoms with E-state index in [1.54, 1.807) is 6.07 Å². The third-order valence-electron chi connectivity index (χ3n) is 3.16. The number of hydrogen-bond donors (Lipinski definition) is 1. The van der Waals surface area contributed by atoms with E-state index in [1.807, 2.05) is 12.1 Å². The number of rotatable bonds is 4. The number of benzene rings is 1. The average Bonchev–Trinajstić information content (AvgIpc) is 3.13. The quantitative estimate of drug-likeness (QED) is 0.555. The van der Waals surface area contributed by atoms with Gasteiger partial charge in [0, 0.05) is 6.04 Å². The zero-order valence-electron chi connectivity index (χ0n) is 10.4. The van der Waals surface area contributed by atoms with Crippen molar-refractivity contribution in [3.8, 4) is 11.3 Å². The fourth-order valence-electron chi connectivity index (χ4n) is 1.93. The molecule has 1 aromatic carbocycles. The summed E-state index contributed by atoms with van der Waals surface area (Å²) >= 11 is 24.4. The first-order valence-electron chi connectivity index (χ1n) is 6.21. The van der Waals surface area contributed by atoms with Crippen molar-refractivity contribution in [2.45, 2.75) is 25.4 Å². The minimum Gasteiger partial charge on any atom is -0.460 e. The molecule has 0 spiro atoms. The van der Waals surface area contributed by atoms with Gasteiger partial charge in [0.1, 0.15) is 11.5 Å². The molecule has 6 heteroatoms. The third-order valence-corrected chi connectivity index (χ3v) is 4.72. The van der Waals surface area contributed by atoms with Gasteiger partial charge in [-0.25, -0.2) is 0 Å². The van der Waals surface area contributed by atoms with Crippen LogP contribution in [0.25, 0.3) is 11.3 Å². The maximum Gasteiger partial charge on any atom is 0.137 e. The number of halogens is 4. The van der Waals surface area contributed by atoms with Crippen molar-refractivity contribution in [3.05, 3.63) is 44.0 Å². The van der Waals surface area contributed by atoms with Gasteiger partial charge in [-0.1, -0.05) is 46.4 Å². The molecule has 0 amide bonds. The van der Waals surface area contributed by atoms with Gasteiger partial charge < -0.3 is 9.73 Å². The van der Waals surface area contributed by atoms with Crippen molar-refractivity contribution in [2.24, 2.45) is 0 Å². The van der Waals surface area contributed by atoms with E-state index >= 15 is 0 Å². The lowest BCUT2D eigenvalue weighted by Crippen LogP contribution is -2.14. The minimum absolute atomic E-state index is 0.279. The molecule has 20 heavy (non-hydrogen) atoms. The maximum absolute atomic E-state index is 6.21. The lowest BCUT2D eigenvalue weighted by molar-refractivity contribution is 0.492. The van der Waals surface area contributed by atoms with E-state index in [4.69, 9.17) is 50.8 Å². The van der Waals surface area contributed by atoms with Gasteiger partial charge in [0.05, 0.1) is 32.2 Å². The van der Waals surface area contributed by atoms with Crippen molar-refractivity contribution in [1.82, 2.24) is 5.32 Å². The number of nitrogens with one attached hydrogen (secondary N) is 1. The second kappa shape index (κ2) is 5.78. The normalized spacial score (nSPS) is 14.8. The predicted molar refractivity (Wildman–Crippen MR) is 84.0 cm³/mol. The van der Waals surface area contributed by atoms with Crippen LogP contribution in [0, 0.1) is 0 Å². The largest absolute Gasteiger partial charge is 0.460 e. The summed E-state index contributed by atoms with van der Waals surface area (Å²) in [6.07, 6.45) is 2.47. The van der Waals surface area contributed by atoms with E-state index in [0.717, 1.165) is 5.76 Å². The monoisotopic (exact) mass is 349 g/mol. The molecule has 3 rings (SSSR count). The Morgan fingerprint density at radius 1 is 1.05 bits per heavy atom. The highest BCUT2D eigenvalue weighted by Gasteiger charge is 2.21. The zero-order valence-corrected chi connectivity index (χ0v) is 13.4. The van der Waals surface area contributed by atoms with Crippen LogP contribution in [-0.2, 0) is 6.54 Å². The molecular weight excluding hydrogens is 340 g/mol. The molecule has 0 unspecified atom stereocenters. The second-order valence-corrected chi connectivity index (χ2v) is 6.33. The predicted octanol–water partition coefficient (Wildman–Crippen LogP) is 5.81. The lowest BCUT2D eigenvalue weighted by Gasteiger charge is -2.07. The van der Waals surface area contributed by atoms with Gasteiger partial charge in [-0.05, 0) is 31.0 Å². The Morgan fingerprint density at radius 2 is 1.80 bits per heavy atom. The smallest absolute Gasteiger partial charge is 0.137 e. The lowest BCUT2D eigenvalue weighted by atomic mass is 10.1. The molecule has 1 saturated carbocycles. The van der Waals surface area contributed by atoms with Crippen LogP contribution in [-0.4, -0.2) is 6.04 Å². The first-order valence-corrected chi connectivity index (χ1v) is 7.73. The fourth-order valence-corrected chi connectivity index (χ4v) is 3.03. The van der Waals surface area contributed by atoms with Gasteiger partial charge in [0.25, 0.3) is 0 Å². The molecule has 1 heterocycles. The molecule has 1 aromatic heterocycles. The molecule has 1 aliphatic carbocycles. The van der Waals surface area contributed by atoms with Crippen LogP contribution < -0.4 is 5.32 Å². The van der Waals surface area contributed by atoms with Crippen LogP contribution in [0.2, 0.25) is 20.1 Å². The minimum atomic E-state index is 0.279. The molecular formula is C14H11Cl4NO. The standard InChI is InChI=1S/C14H11Cl4NO/c15-9-5-10(16)13(17)14(18)12(9)11-4-3-8(20-11)6-19-7-1-2-7/h3-5,7,19H,1-2,6H2. The van der Waals surface area contributed by atoms with Crippen LogP contribution in [0.3, 0.4) is 0 Å². The van der Waals surface area contributed by atoms with E-state index in [9.17, 15) is 0 Å². The molecule has 0 radical (unpaired) electrons. The van der Waals surface area contributed by atoms with Gasteiger partial charge in [-0.2, -0.15) is 0 Å². The summed E-state index contributed by atoms with van der Waals surface area (Å²) in [5.41, 5.74) is 0.570.